The van der Waals surface area contributed by atoms with Gasteiger partial charge < -0.3 is 48.7 Å². The molecule has 14 N–H and O–H groups in total. The van der Waals surface area contributed by atoms with Gasteiger partial charge in [-0.1, -0.05) is 0 Å². The van der Waals surface area contributed by atoms with Crippen LogP contribution in [0.3, 0.4) is 0 Å². The molecule has 14 nitrogen and oxygen atoms in total. The zero-order chi connectivity index (χ0) is 22.6. The number of nitrogens with two attached hydrogens (primary N) is 4. The van der Waals surface area contributed by atoms with Crippen molar-refractivity contribution in [1.29, 1.82) is 5.41 Å². The number of nitrogens with one attached hydrogen (secondary N) is 2. The van der Waals surface area contributed by atoms with E-state index < -0.39 is 36.0 Å². The molecule has 2 atom stereocenters. The third kappa shape index (κ3) is 51.7. The summed E-state index contributed by atoms with van der Waals surface area (Å²) in [4.78, 5) is 38.0. The van der Waals surface area contributed by atoms with E-state index in [-0.39, 0.29) is 12.5 Å². The van der Waals surface area contributed by atoms with Crippen LogP contribution in [0.15, 0.2) is 0 Å². The maximum Gasteiger partial charge on any atom is 0.320 e. The molecule has 0 aromatic rings. The molecule has 0 unspecified atom stereocenters. The topological polar surface area (TPSA) is 289 Å². The molecule has 0 radical (unpaired) electrons. The second-order valence-corrected chi connectivity index (χ2v) is 4.67. The lowest BCUT2D eigenvalue weighted by molar-refractivity contribution is -0.139. The van der Waals surface area contributed by atoms with Gasteiger partial charge in [0.25, 0.3) is 5.97 Å². The molecule has 0 bridgehead atoms. The molecule has 0 aliphatic rings. The Kier molecular flexibility index (Phi) is 24.8. The molecule has 27 heavy (non-hydrogen) atoms. The van der Waals surface area contributed by atoms with Crippen LogP contribution in [0, 0.1) is 5.41 Å². The van der Waals surface area contributed by atoms with Crippen molar-refractivity contribution < 1.29 is 39.6 Å². The van der Waals surface area contributed by atoms with Crippen LogP contribution in [-0.2, 0) is 19.2 Å². The minimum absolute atomic E-state index is 0.112. The van der Waals surface area contributed by atoms with Gasteiger partial charge in [0.1, 0.15) is 12.1 Å². The Bertz CT molecular complexity index is 454. The van der Waals surface area contributed by atoms with Crippen LogP contribution >= 0.6 is 0 Å². The summed E-state index contributed by atoms with van der Waals surface area (Å²) in [5.41, 5.74) is 19.6. The van der Waals surface area contributed by atoms with Gasteiger partial charge in [-0.05, 0) is 19.8 Å². The lowest BCUT2D eigenvalue weighted by Crippen LogP contribution is -2.34. The molecule has 0 aromatic carbocycles. The predicted octanol–water partition coefficient (Wildman–Crippen LogP) is -2.80. The van der Waals surface area contributed by atoms with Crippen LogP contribution in [0.4, 0.5) is 0 Å². The molecule has 0 saturated heterocycles. The van der Waals surface area contributed by atoms with Crippen molar-refractivity contribution in [2.24, 2.45) is 22.9 Å². The van der Waals surface area contributed by atoms with Gasteiger partial charge in [0.05, 0.1) is 6.54 Å². The van der Waals surface area contributed by atoms with E-state index in [1.165, 1.54) is 6.92 Å². The Morgan fingerprint density at radius 2 is 1.37 bits per heavy atom. The van der Waals surface area contributed by atoms with Gasteiger partial charge in [0.2, 0.25) is 0 Å². The summed E-state index contributed by atoms with van der Waals surface area (Å²) in [7, 11) is 0. The summed E-state index contributed by atoms with van der Waals surface area (Å²) in [6, 6.07) is -1.55. The van der Waals surface area contributed by atoms with E-state index in [0.717, 1.165) is 6.92 Å². The van der Waals surface area contributed by atoms with Crippen molar-refractivity contribution in [3.05, 3.63) is 0 Å². The highest BCUT2D eigenvalue weighted by atomic mass is 16.4. The second kappa shape index (κ2) is 21.1. The molecule has 0 rings (SSSR count). The SMILES string of the molecule is CC(=O)O.C[C@H](N)C(=O)O.N=C(N)NCCC[C@H](N)C(=O)O.NCC(=O)O. The number of rotatable bonds is 7. The van der Waals surface area contributed by atoms with Gasteiger partial charge in [-0.25, -0.2) is 0 Å². The molecule has 0 aliphatic heterocycles. The predicted molar refractivity (Wildman–Crippen MR) is 96.0 cm³/mol. The average molecular weight is 398 g/mol. The highest BCUT2D eigenvalue weighted by Gasteiger charge is 2.09. The summed E-state index contributed by atoms with van der Waals surface area (Å²) < 4.78 is 0. The Balaban J connectivity index is -0.000000148. The molecule has 0 aromatic heterocycles. The zero-order valence-electron chi connectivity index (χ0n) is 15.2. The van der Waals surface area contributed by atoms with E-state index in [9.17, 15) is 14.4 Å². The first-order valence-electron chi connectivity index (χ1n) is 7.34. The van der Waals surface area contributed by atoms with Crippen LogP contribution in [0.5, 0.6) is 0 Å². The molecule has 0 saturated carbocycles. The van der Waals surface area contributed by atoms with Gasteiger partial charge in [-0.3, -0.25) is 24.6 Å². The molecular weight excluding hydrogens is 368 g/mol. The molecular formula is C13H30N6O8. The summed E-state index contributed by atoms with van der Waals surface area (Å²) in [6.45, 7) is 2.71. The van der Waals surface area contributed by atoms with Gasteiger partial charge in [-0.15, -0.1) is 0 Å². The normalized spacial score (nSPS) is 10.7. The fourth-order valence-electron chi connectivity index (χ4n) is 0.669. The largest absolute Gasteiger partial charge is 0.481 e. The number of carbonyl (C=O) groups is 4. The third-order valence-electron chi connectivity index (χ3n) is 1.89. The van der Waals surface area contributed by atoms with Gasteiger partial charge in [0.15, 0.2) is 5.96 Å². The van der Waals surface area contributed by atoms with E-state index >= 15 is 0 Å². The fraction of sp³-hybridized carbons (Fsp3) is 0.615. The number of carboxylic acid groups (broad SMARTS) is 4. The molecule has 0 aliphatic carbocycles. The van der Waals surface area contributed by atoms with E-state index in [2.05, 4.69) is 11.1 Å². The van der Waals surface area contributed by atoms with Crippen LogP contribution in [0.2, 0.25) is 0 Å². The summed E-state index contributed by atoms with van der Waals surface area (Å²) >= 11 is 0. The third-order valence-corrected chi connectivity index (χ3v) is 1.89. The summed E-state index contributed by atoms with van der Waals surface area (Å²) in [5, 5.41) is 40.6. The summed E-state index contributed by atoms with van der Waals surface area (Å²) in [6.07, 6.45) is 0.975. The van der Waals surface area contributed by atoms with E-state index in [4.69, 9.17) is 47.8 Å². The second-order valence-electron chi connectivity index (χ2n) is 4.67. The van der Waals surface area contributed by atoms with E-state index in [1.807, 2.05) is 0 Å². The lowest BCUT2D eigenvalue weighted by Gasteiger charge is -2.06. The molecule has 160 valence electrons. The van der Waals surface area contributed by atoms with Crippen molar-refractivity contribution >= 4 is 29.8 Å². The maximum atomic E-state index is 10.2. The van der Waals surface area contributed by atoms with Crippen LogP contribution in [-0.4, -0.2) is 75.4 Å². The molecule has 0 heterocycles. The van der Waals surface area contributed by atoms with Gasteiger partial charge in [-0.2, -0.15) is 0 Å². The van der Waals surface area contributed by atoms with Crippen molar-refractivity contribution in [2.75, 3.05) is 13.1 Å². The van der Waals surface area contributed by atoms with Gasteiger partial charge >= 0.3 is 17.9 Å². The average Bonchev–Trinajstić information content (AvgIpc) is 2.51. The number of aliphatic carboxylic acids is 4. The molecule has 0 fully saturated rings. The molecule has 14 heteroatoms. The Morgan fingerprint density at radius 1 is 1.04 bits per heavy atom. The first kappa shape index (κ1) is 31.8. The lowest BCUT2D eigenvalue weighted by atomic mass is 10.2. The Hall–Kier alpha value is -2.97. The van der Waals surface area contributed by atoms with Crippen LogP contribution in [0.25, 0.3) is 0 Å². The number of hydrogen-bond donors (Lipinski definition) is 10. The highest BCUT2D eigenvalue weighted by Crippen LogP contribution is 1.92. The van der Waals surface area contributed by atoms with Crippen LogP contribution < -0.4 is 28.3 Å². The van der Waals surface area contributed by atoms with Crippen molar-refractivity contribution in [3.63, 3.8) is 0 Å². The Labute approximate surface area is 156 Å². The maximum absolute atomic E-state index is 10.2. The zero-order valence-corrected chi connectivity index (χ0v) is 15.2. The van der Waals surface area contributed by atoms with E-state index in [1.54, 1.807) is 0 Å². The van der Waals surface area contributed by atoms with Crippen LogP contribution in [0.1, 0.15) is 26.7 Å². The standard InChI is InChI=1S/C6H14N4O2.C3H7NO2.C2H5NO2.C2H4O2/c7-4(5(11)12)2-1-3-10-6(8)9;1-2(4)3(5)6;3-1-2(4)5;1-2(3)4/h4H,1-3,7H2,(H,11,12)(H4,8,9,10);2H,4H2,1H3,(H,5,6);1,3H2,(H,4,5);1H3,(H,3,4)/t4-;2-;;/m00../s1. The number of hydrogen-bond acceptors (Lipinski definition) is 8. The van der Waals surface area contributed by atoms with E-state index in [0.29, 0.717) is 19.4 Å². The molecule has 0 amide bonds. The van der Waals surface area contributed by atoms with Crippen molar-refractivity contribution in [2.45, 2.75) is 38.8 Å². The van der Waals surface area contributed by atoms with Crippen molar-refractivity contribution in [1.82, 2.24) is 5.32 Å². The van der Waals surface area contributed by atoms with Gasteiger partial charge in [0, 0.05) is 13.5 Å². The Morgan fingerprint density at radius 3 is 1.56 bits per heavy atom. The van der Waals surface area contributed by atoms with Crippen molar-refractivity contribution in [3.8, 4) is 0 Å². The minimum Gasteiger partial charge on any atom is -0.481 e. The number of carboxylic acids is 4. The fourth-order valence-corrected chi connectivity index (χ4v) is 0.669. The monoisotopic (exact) mass is 398 g/mol. The molecule has 0 spiro atoms. The first-order valence-corrected chi connectivity index (χ1v) is 7.34. The highest BCUT2D eigenvalue weighted by molar-refractivity contribution is 5.74. The number of guanidine groups is 1. The first-order chi connectivity index (χ1) is 12.2. The minimum atomic E-state index is -1.00. The summed E-state index contributed by atoms with van der Waals surface area (Å²) in [5.74, 6) is -3.88. The smallest absolute Gasteiger partial charge is 0.320 e. The quantitative estimate of drug-likeness (QED) is 0.118.